The van der Waals surface area contributed by atoms with Crippen LogP contribution in [-0.4, -0.2) is 72.8 Å². The van der Waals surface area contributed by atoms with Crippen LogP contribution in [0.4, 0.5) is 4.39 Å². The molecule has 35 heavy (non-hydrogen) atoms. The van der Waals surface area contributed by atoms with Gasteiger partial charge in [-0.15, -0.1) is 0 Å². The summed E-state index contributed by atoms with van der Waals surface area (Å²) in [6.45, 7) is 1.14. The van der Waals surface area contributed by atoms with Crippen LogP contribution >= 0.6 is 0 Å². The van der Waals surface area contributed by atoms with Crippen molar-refractivity contribution in [2.45, 2.75) is 26.1 Å². The van der Waals surface area contributed by atoms with Crippen LogP contribution in [0.5, 0.6) is 5.75 Å². The first-order chi connectivity index (χ1) is 16.7. The highest BCUT2D eigenvalue weighted by molar-refractivity contribution is 5.97. The van der Waals surface area contributed by atoms with Gasteiger partial charge in [0.15, 0.2) is 6.23 Å². The number of rotatable bonds is 5. The number of pyridine rings is 1. The van der Waals surface area contributed by atoms with Gasteiger partial charge in [0.2, 0.25) is 0 Å². The highest BCUT2D eigenvalue weighted by Crippen LogP contribution is 2.36. The first kappa shape index (κ1) is 24.8. The summed E-state index contributed by atoms with van der Waals surface area (Å²) in [5.74, 6) is -1.13. The summed E-state index contributed by atoms with van der Waals surface area (Å²) in [6, 6.07) is 5.21. The van der Waals surface area contributed by atoms with Gasteiger partial charge in [-0.3, -0.25) is 9.59 Å². The van der Waals surface area contributed by atoms with Crippen LogP contribution in [0.1, 0.15) is 36.4 Å². The van der Waals surface area contributed by atoms with E-state index in [0.29, 0.717) is 46.4 Å². The van der Waals surface area contributed by atoms with E-state index in [2.05, 4.69) is 0 Å². The Balaban J connectivity index is 1.93. The number of halogens is 1. The number of carbonyl (C=O) groups is 2. The molecule has 1 aromatic heterocycles. The molecule has 0 bridgehead atoms. The van der Waals surface area contributed by atoms with Crippen molar-refractivity contribution in [3.8, 4) is 5.75 Å². The number of esters is 1. The maximum absolute atomic E-state index is 13.6. The van der Waals surface area contributed by atoms with Gasteiger partial charge in [-0.25, -0.2) is 9.37 Å². The Kier molecular flexibility index (Phi) is 7.18. The number of alkyl halides is 1. The number of hydrogen-bond acceptors (Lipinski definition) is 7. The number of phenolic OH excluding ortho intramolecular Hbond substituents is 1. The predicted molar refractivity (Wildman–Crippen MR) is 129 cm³/mol. The summed E-state index contributed by atoms with van der Waals surface area (Å²) >= 11 is 0. The molecule has 0 aliphatic carbocycles. The van der Waals surface area contributed by atoms with Crippen molar-refractivity contribution in [1.29, 1.82) is 0 Å². The van der Waals surface area contributed by atoms with E-state index in [1.165, 1.54) is 4.90 Å². The molecular formula is C26H30FN3O5. The standard InChI is InChI=1S/C26H30FN3O5/c1-15-16-6-5-7-21-18(12-17-19(13-29(2)3)23(31)9-8-22(17)28-21)25(34-11-10-27)30(4)24(32)20(16)14-35-26(15)33/h5,7-9,12,15,25,31H,6,10-11,13-14H2,1-4H3/b7-5+. The largest absolute Gasteiger partial charge is 0.508 e. The molecule has 186 valence electrons. The number of aromatic hydroxyl groups is 1. The summed E-state index contributed by atoms with van der Waals surface area (Å²) in [6.07, 6.45) is 3.15. The van der Waals surface area contributed by atoms with Gasteiger partial charge in [-0.2, -0.15) is 0 Å². The topological polar surface area (TPSA) is 92.2 Å². The molecule has 0 fully saturated rings. The first-order valence-corrected chi connectivity index (χ1v) is 11.5. The minimum atomic E-state index is -0.941. The quantitative estimate of drug-likeness (QED) is 0.652. The van der Waals surface area contributed by atoms with Crippen molar-refractivity contribution < 1.29 is 28.6 Å². The van der Waals surface area contributed by atoms with Crippen molar-refractivity contribution in [2.75, 3.05) is 41.0 Å². The van der Waals surface area contributed by atoms with Crippen molar-refractivity contribution >= 4 is 28.9 Å². The van der Waals surface area contributed by atoms with Crippen LogP contribution in [-0.2, 0) is 25.6 Å². The lowest BCUT2D eigenvalue weighted by molar-refractivity contribution is -0.149. The van der Waals surface area contributed by atoms with E-state index in [1.54, 1.807) is 26.1 Å². The fourth-order valence-electron chi connectivity index (χ4n) is 4.58. The molecule has 8 nitrogen and oxygen atoms in total. The Labute approximate surface area is 203 Å². The van der Waals surface area contributed by atoms with Gasteiger partial charge in [0.25, 0.3) is 5.91 Å². The number of nitrogens with zero attached hydrogens (tertiary/aromatic N) is 3. The monoisotopic (exact) mass is 483 g/mol. The second kappa shape index (κ2) is 10.1. The average molecular weight is 484 g/mol. The number of phenols is 1. The summed E-state index contributed by atoms with van der Waals surface area (Å²) in [5.41, 5.74) is 3.61. The van der Waals surface area contributed by atoms with Crippen LogP contribution < -0.4 is 0 Å². The lowest BCUT2D eigenvalue weighted by atomic mass is 9.89. The molecule has 2 aliphatic rings. The third-order valence-electron chi connectivity index (χ3n) is 6.41. The minimum Gasteiger partial charge on any atom is -0.508 e. The van der Waals surface area contributed by atoms with Crippen LogP contribution in [0.3, 0.4) is 0 Å². The molecule has 9 heteroatoms. The van der Waals surface area contributed by atoms with E-state index in [4.69, 9.17) is 14.5 Å². The number of aromatic nitrogens is 1. The van der Waals surface area contributed by atoms with Crippen LogP contribution in [0.15, 0.2) is 35.4 Å². The predicted octanol–water partition coefficient (Wildman–Crippen LogP) is 3.35. The fraction of sp³-hybridized carbons (Fsp3) is 0.423. The van der Waals surface area contributed by atoms with Gasteiger partial charge in [0.05, 0.1) is 29.3 Å². The van der Waals surface area contributed by atoms with E-state index in [-0.39, 0.29) is 30.8 Å². The van der Waals surface area contributed by atoms with Crippen LogP contribution in [0.2, 0.25) is 0 Å². The molecule has 1 aromatic carbocycles. The smallest absolute Gasteiger partial charge is 0.313 e. The Morgan fingerprint density at radius 2 is 2.09 bits per heavy atom. The molecule has 0 saturated carbocycles. The normalized spacial score (nSPS) is 21.7. The number of fused-ring (bicyclic) bond motifs is 2. The maximum atomic E-state index is 13.6. The first-order valence-electron chi connectivity index (χ1n) is 11.5. The lowest BCUT2D eigenvalue weighted by Crippen LogP contribution is -2.39. The third kappa shape index (κ3) is 4.78. The van der Waals surface area contributed by atoms with Crippen molar-refractivity contribution in [3.05, 3.63) is 52.2 Å². The van der Waals surface area contributed by atoms with Gasteiger partial charge in [-0.1, -0.05) is 6.08 Å². The molecule has 1 amide bonds. The summed E-state index contributed by atoms with van der Waals surface area (Å²) in [4.78, 5) is 33.9. The summed E-state index contributed by atoms with van der Waals surface area (Å²) in [7, 11) is 5.39. The molecule has 0 radical (unpaired) electrons. The van der Waals surface area contributed by atoms with E-state index in [9.17, 15) is 19.1 Å². The summed E-state index contributed by atoms with van der Waals surface area (Å²) in [5, 5.41) is 11.3. The Hall–Kier alpha value is -3.30. The van der Waals surface area contributed by atoms with Crippen LogP contribution in [0, 0.1) is 5.92 Å². The van der Waals surface area contributed by atoms with Crippen molar-refractivity contribution in [1.82, 2.24) is 14.8 Å². The summed E-state index contributed by atoms with van der Waals surface area (Å²) < 4.78 is 24.3. The third-order valence-corrected chi connectivity index (χ3v) is 6.41. The Bertz CT molecular complexity index is 1220. The molecular weight excluding hydrogens is 453 g/mol. The van der Waals surface area contributed by atoms with Gasteiger partial charge in [-0.05, 0) is 57.3 Å². The molecule has 1 N–H and O–H groups in total. The molecule has 4 rings (SSSR count). The number of hydrogen-bond donors (Lipinski definition) is 1. The van der Waals surface area contributed by atoms with Gasteiger partial charge in [0, 0.05) is 30.1 Å². The van der Waals surface area contributed by atoms with E-state index in [0.717, 1.165) is 5.39 Å². The number of amides is 1. The fourth-order valence-corrected chi connectivity index (χ4v) is 4.58. The zero-order valence-corrected chi connectivity index (χ0v) is 20.4. The second-order valence-electron chi connectivity index (χ2n) is 9.10. The number of likely N-dealkylation sites (N-methyl/N-ethyl adjacent to an activating group) is 1. The molecule has 0 saturated heterocycles. The molecule has 3 heterocycles. The van der Waals surface area contributed by atoms with Crippen LogP contribution in [0.25, 0.3) is 17.0 Å². The number of ether oxygens (including phenoxy) is 2. The molecule has 2 atom stereocenters. The van der Waals surface area contributed by atoms with Gasteiger partial charge in [0.1, 0.15) is 19.0 Å². The number of benzene rings is 1. The number of cyclic esters (lactones) is 1. The van der Waals surface area contributed by atoms with E-state index < -0.39 is 18.8 Å². The zero-order chi connectivity index (χ0) is 25.3. The number of allylic oxidation sites excluding steroid dienone is 1. The average Bonchev–Trinajstić information content (AvgIpc) is 2.83. The second-order valence-corrected chi connectivity index (χ2v) is 9.10. The highest BCUT2D eigenvalue weighted by Gasteiger charge is 2.35. The lowest BCUT2D eigenvalue weighted by Gasteiger charge is -2.33. The molecule has 0 spiro atoms. The SMILES string of the molecule is CC1C(=O)OCC2=C1C/C=C/c1nc3ccc(O)c(CN(C)C)c3cc1C(OCCF)N(C)C2=O. The molecule has 2 aromatic rings. The zero-order valence-electron chi connectivity index (χ0n) is 20.4. The van der Waals surface area contributed by atoms with E-state index in [1.807, 2.05) is 37.2 Å². The highest BCUT2D eigenvalue weighted by atomic mass is 19.1. The maximum Gasteiger partial charge on any atom is 0.313 e. The van der Waals surface area contributed by atoms with Crippen molar-refractivity contribution in [3.63, 3.8) is 0 Å². The van der Waals surface area contributed by atoms with E-state index >= 15 is 0 Å². The van der Waals surface area contributed by atoms with Gasteiger partial charge < -0.3 is 24.4 Å². The Morgan fingerprint density at radius 3 is 2.80 bits per heavy atom. The minimum absolute atomic E-state index is 0.116. The van der Waals surface area contributed by atoms with Crippen molar-refractivity contribution in [2.24, 2.45) is 5.92 Å². The molecule has 2 unspecified atom stereocenters. The number of carbonyl (C=O) groups excluding carboxylic acids is 2. The molecule has 2 aliphatic heterocycles. The Morgan fingerprint density at radius 1 is 1.31 bits per heavy atom. The van der Waals surface area contributed by atoms with Gasteiger partial charge >= 0.3 is 5.97 Å².